The first-order chi connectivity index (χ1) is 10.6. The van der Waals surface area contributed by atoms with Crippen molar-refractivity contribution >= 4 is 5.97 Å². The summed E-state index contributed by atoms with van der Waals surface area (Å²) in [5.41, 5.74) is 0.591. The molecule has 1 aliphatic heterocycles. The second kappa shape index (κ2) is 6.23. The molecule has 1 N–H and O–H groups in total. The monoisotopic (exact) mass is 304 g/mol. The zero-order valence-electron chi connectivity index (χ0n) is 12.0. The van der Waals surface area contributed by atoms with Crippen LogP contribution in [0.25, 0.3) is 0 Å². The normalized spacial score (nSPS) is 20.7. The lowest BCUT2D eigenvalue weighted by molar-refractivity contribution is -0.144. The molecule has 0 bridgehead atoms. The molecule has 0 amide bonds. The maximum atomic E-state index is 13.1. The lowest BCUT2D eigenvalue weighted by Gasteiger charge is -2.36. The molecule has 6 nitrogen and oxygen atoms in total. The number of aromatic nitrogens is 3. The van der Waals surface area contributed by atoms with Crippen molar-refractivity contribution < 1.29 is 14.3 Å². The number of nitrogens with zero attached hydrogens (tertiary/aromatic N) is 4. The SMILES string of the molecule is O=C(O)C(c1ccc(F)cc1)N1CCCC(n2cncn2)C1. The molecule has 2 heterocycles. The fraction of sp³-hybridized carbons (Fsp3) is 0.400. The Hall–Kier alpha value is -2.28. The molecule has 0 aliphatic carbocycles. The van der Waals surface area contributed by atoms with E-state index in [-0.39, 0.29) is 11.9 Å². The van der Waals surface area contributed by atoms with Gasteiger partial charge in [-0.3, -0.25) is 9.69 Å². The minimum Gasteiger partial charge on any atom is -0.480 e. The molecule has 2 aromatic rings. The summed E-state index contributed by atoms with van der Waals surface area (Å²) in [5.74, 6) is -1.29. The molecule has 116 valence electrons. The van der Waals surface area contributed by atoms with Crippen molar-refractivity contribution in [2.24, 2.45) is 0 Å². The Kier molecular flexibility index (Phi) is 4.15. The average molecular weight is 304 g/mol. The fourth-order valence-corrected chi connectivity index (χ4v) is 2.99. The van der Waals surface area contributed by atoms with E-state index in [1.165, 1.54) is 30.6 Å². The van der Waals surface area contributed by atoms with Gasteiger partial charge in [-0.15, -0.1) is 0 Å². The molecule has 1 aliphatic rings. The first kappa shape index (κ1) is 14.6. The van der Waals surface area contributed by atoms with E-state index in [1.807, 2.05) is 4.90 Å². The second-order valence-electron chi connectivity index (χ2n) is 5.46. The Bertz CT molecular complexity index is 630. The Morgan fingerprint density at radius 3 is 2.77 bits per heavy atom. The Morgan fingerprint density at radius 1 is 1.36 bits per heavy atom. The van der Waals surface area contributed by atoms with Gasteiger partial charge in [0.05, 0.1) is 6.04 Å². The summed E-state index contributed by atoms with van der Waals surface area (Å²) in [4.78, 5) is 17.6. The number of carboxylic acids is 1. The highest BCUT2D eigenvalue weighted by atomic mass is 19.1. The molecule has 2 atom stereocenters. The van der Waals surface area contributed by atoms with Crippen LogP contribution in [0.1, 0.15) is 30.5 Å². The van der Waals surface area contributed by atoms with Gasteiger partial charge in [-0.05, 0) is 37.1 Å². The molecule has 22 heavy (non-hydrogen) atoms. The molecule has 3 rings (SSSR count). The van der Waals surface area contributed by atoms with Gasteiger partial charge in [-0.1, -0.05) is 12.1 Å². The van der Waals surface area contributed by atoms with E-state index in [4.69, 9.17) is 0 Å². The van der Waals surface area contributed by atoms with E-state index >= 15 is 0 Å². The number of hydrogen-bond acceptors (Lipinski definition) is 4. The first-order valence-electron chi connectivity index (χ1n) is 7.21. The number of likely N-dealkylation sites (tertiary alicyclic amines) is 1. The highest BCUT2D eigenvalue weighted by molar-refractivity contribution is 5.75. The van der Waals surface area contributed by atoms with Crippen LogP contribution in [0, 0.1) is 5.82 Å². The summed E-state index contributed by atoms with van der Waals surface area (Å²) in [5, 5.41) is 13.7. The number of rotatable bonds is 4. The number of halogens is 1. The summed E-state index contributed by atoms with van der Waals surface area (Å²) in [6, 6.07) is 5.00. The third-order valence-corrected chi connectivity index (χ3v) is 4.02. The molecule has 7 heteroatoms. The van der Waals surface area contributed by atoms with E-state index in [9.17, 15) is 14.3 Å². The van der Waals surface area contributed by atoms with Gasteiger partial charge in [0, 0.05) is 6.54 Å². The van der Waals surface area contributed by atoms with E-state index in [0.29, 0.717) is 18.7 Å². The lowest BCUT2D eigenvalue weighted by atomic mass is 9.99. The summed E-state index contributed by atoms with van der Waals surface area (Å²) >= 11 is 0. The van der Waals surface area contributed by atoms with Gasteiger partial charge in [-0.2, -0.15) is 5.10 Å². The van der Waals surface area contributed by atoms with Gasteiger partial charge < -0.3 is 5.11 Å². The van der Waals surface area contributed by atoms with E-state index < -0.39 is 12.0 Å². The van der Waals surface area contributed by atoms with Crippen molar-refractivity contribution in [1.29, 1.82) is 0 Å². The molecule has 0 saturated carbocycles. The molecule has 1 saturated heterocycles. The van der Waals surface area contributed by atoms with Crippen LogP contribution in [0.15, 0.2) is 36.9 Å². The minimum atomic E-state index is -0.925. The van der Waals surface area contributed by atoms with Crippen molar-refractivity contribution in [3.8, 4) is 0 Å². The fourth-order valence-electron chi connectivity index (χ4n) is 2.99. The highest BCUT2D eigenvalue weighted by Gasteiger charge is 2.32. The van der Waals surface area contributed by atoms with Gasteiger partial charge >= 0.3 is 5.97 Å². The summed E-state index contributed by atoms with van der Waals surface area (Å²) in [6.45, 7) is 1.28. The smallest absolute Gasteiger partial charge is 0.325 e. The number of hydrogen-bond donors (Lipinski definition) is 1. The van der Waals surface area contributed by atoms with Crippen LogP contribution in [0.5, 0.6) is 0 Å². The summed E-state index contributed by atoms with van der Waals surface area (Å²) < 4.78 is 14.8. The quantitative estimate of drug-likeness (QED) is 0.934. The number of carbonyl (C=O) groups is 1. The first-order valence-corrected chi connectivity index (χ1v) is 7.21. The van der Waals surface area contributed by atoms with Gasteiger partial charge in [0.15, 0.2) is 0 Å². The average Bonchev–Trinajstić information content (AvgIpc) is 3.04. The molecule has 0 radical (unpaired) electrons. The van der Waals surface area contributed by atoms with Crippen molar-refractivity contribution in [2.75, 3.05) is 13.1 Å². The van der Waals surface area contributed by atoms with Crippen LogP contribution in [0.3, 0.4) is 0 Å². The Morgan fingerprint density at radius 2 is 2.14 bits per heavy atom. The van der Waals surface area contributed by atoms with Crippen molar-refractivity contribution in [1.82, 2.24) is 19.7 Å². The Labute approximate surface area is 127 Å². The van der Waals surface area contributed by atoms with Crippen molar-refractivity contribution in [3.63, 3.8) is 0 Å². The lowest BCUT2D eigenvalue weighted by Crippen LogP contribution is -2.42. The second-order valence-corrected chi connectivity index (χ2v) is 5.46. The zero-order chi connectivity index (χ0) is 15.5. The van der Waals surface area contributed by atoms with Crippen LogP contribution in [0.2, 0.25) is 0 Å². The highest BCUT2D eigenvalue weighted by Crippen LogP contribution is 2.29. The van der Waals surface area contributed by atoms with Crippen LogP contribution in [-0.4, -0.2) is 43.8 Å². The topological polar surface area (TPSA) is 71.2 Å². The predicted octanol–water partition coefficient (Wildman–Crippen LogP) is 1.88. The van der Waals surface area contributed by atoms with Crippen molar-refractivity contribution in [3.05, 3.63) is 48.3 Å². The number of benzene rings is 1. The van der Waals surface area contributed by atoms with E-state index in [2.05, 4.69) is 10.1 Å². The molecule has 0 spiro atoms. The molecule has 1 aromatic heterocycles. The molecule has 1 fully saturated rings. The number of carboxylic acid groups (broad SMARTS) is 1. The summed E-state index contributed by atoms with van der Waals surface area (Å²) in [6.07, 6.45) is 4.96. The molecular formula is C15H17FN4O2. The van der Waals surface area contributed by atoms with Gasteiger partial charge in [0.25, 0.3) is 0 Å². The predicted molar refractivity (Wildman–Crippen MR) is 76.6 cm³/mol. The van der Waals surface area contributed by atoms with Crippen LogP contribution in [0.4, 0.5) is 4.39 Å². The van der Waals surface area contributed by atoms with Crippen molar-refractivity contribution in [2.45, 2.75) is 24.9 Å². The largest absolute Gasteiger partial charge is 0.480 e. The number of piperidine rings is 1. The standard InChI is InChI=1S/C15H17FN4O2/c16-12-5-3-11(4-6-12)14(15(21)22)19-7-1-2-13(8-19)20-10-17-9-18-20/h3-6,9-10,13-14H,1-2,7-8H2,(H,21,22). The molecular weight excluding hydrogens is 287 g/mol. The van der Waals surface area contributed by atoms with E-state index in [0.717, 1.165) is 12.8 Å². The third-order valence-electron chi connectivity index (χ3n) is 4.02. The van der Waals surface area contributed by atoms with E-state index in [1.54, 1.807) is 11.0 Å². The maximum Gasteiger partial charge on any atom is 0.325 e. The minimum absolute atomic E-state index is 0.110. The van der Waals surface area contributed by atoms with Crippen LogP contribution in [-0.2, 0) is 4.79 Å². The third kappa shape index (κ3) is 2.99. The molecule has 2 unspecified atom stereocenters. The van der Waals surface area contributed by atoms with Gasteiger partial charge in [-0.25, -0.2) is 14.1 Å². The zero-order valence-corrected chi connectivity index (χ0v) is 12.0. The molecule has 1 aromatic carbocycles. The van der Waals surface area contributed by atoms with Gasteiger partial charge in [0.1, 0.15) is 24.5 Å². The van der Waals surface area contributed by atoms with Crippen LogP contribution >= 0.6 is 0 Å². The maximum absolute atomic E-state index is 13.1. The Balaban J connectivity index is 1.82. The van der Waals surface area contributed by atoms with Gasteiger partial charge in [0.2, 0.25) is 0 Å². The van der Waals surface area contributed by atoms with Crippen LogP contribution < -0.4 is 0 Å². The summed E-state index contributed by atoms with van der Waals surface area (Å²) in [7, 11) is 0. The number of aliphatic carboxylic acids is 1.